The van der Waals surface area contributed by atoms with Gasteiger partial charge in [0.2, 0.25) is 11.8 Å². The Kier molecular flexibility index (Phi) is 7.03. The van der Waals surface area contributed by atoms with Crippen LogP contribution in [0.2, 0.25) is 5.02 Å². The van der Waals surface area contributed by atoms with Crippen LogP contribution in [-0.4, -0.2) is 55.7 Å². The molecule has 2 aliphatic carbocycles. The molecule has 3 aliphatic rings. The second kappa shape index (κ2) is 11.0. The van der Waals surface area contributed by atoms with Crippen molar-refractivity contribution >= 4 is 40.7 Å². The van der Waals surface area contributed by atoms with Gasteiger partial charge in [0.15, 0.2) is 0 Å². The molecule has 1 aromatic carbocycles. The SMILES string of the molecule is CC(=O)N1CCNC(c2cc(C3CC3)cn3cc(CNc4cc(NC(=O)C5CC5c5cccc(Cl)c5)ncn4)nc23)C1. The van der Waals surface area contributed by atoms with E-state index in [9.17, 15) is 9.59 Å². The number of piperazine rings is 1. The minimum absolute atomic E-state index is 0.0324. The van der Waals surface area contributed by atoms with Gasteiger partial charge in [0.1, 0.15) is 23.6 Å². The van der Waals surface area contributed by atoms with Crippen molar-refractivity contribution < 1.29 is 9.59 Å². The van der Waals surface area contributed by atoms with Gasteiger partial charge in [0.05, 0.1) is 18.3 Å². The molecule has 3 N–H and O–H groups in total. The molecular formula is C31H33ClN8O2. The van der Waals surface area contributed by atoms with Crippen LogP contribution in [0, 0.1) is 5.92 Å². The topological polar surface area (TPSA) is 117 Å². The van der Waals surface area contributed by atoms with Gasteiger partial charge in [0, 0.05) is 61.5 Å². The van der Waals surface area contributed by atoms with E-state index in [0.717, 1.165) is 42.0 Å². The number of anilines is 2. The number of fused-ring (bicyclic) bond motifs is 1. The summed E-state index contributed by atoms with van der Waals surface area (Å²) in [7, 11) is 0. The quantitative estimate of drug-likeness (QED) is 0.279. The maximum atomic E-state index is 12.9. The predicted octanol–water partition coefficient (Wildman–Crippen LogP) is 4.50. The summed E-state index contributed by atoms with van der Waals surface area (Å²) in [6.45, 7) is 4.20. The first-order valence-corrected chi connectivity index (χ1v) is 14.9. The highest BCUT2D eigenvalue weighted by Gasteiger charge is 2.44. The number of pyridine rings is 1. The molecule has 1 saturated heterocycles. The fraction of sp³-hybridized carbons (Fsp3) is 0.387. The number of benzene rings is 1. The zero-order valence-electron chi connectivity index (χ0n) is 23.4. The lowest BCUT2D eigenvalue weighted by atomic mass is 10.0. The Labute approximate surface area is 248 Å². The number of amides is 2. The summed E-state index contributed by atoms with van der Waals surface area (Å²) in [6.07, 6.45) is 8.89. The zero-order chi connectivity index (χ0) is 28.8. The summed E-state index contributed by atoms with van der Waals surface area (Å²) in [5.74, 6) is 1.78. The van der Waals surface area contributed by atoms with Gasteiger partial charge in [-0.05, 0) is 60.4 Å². The number of nitrogens with zero attached hydrogens (tertiary/aromatic N) is 5. The van der Waals surface area contributed by atoms with E-state index < -0.39 is 0 Å². The molecule has 0 radical (unpaired) electrons. The molecule has 216 valence electrons. The van der Waals surface area contributed by atoms with E-state index in [1.54, 1.807) is 13.0 Å². The highest BCUT2D eigenvalue weighted by Crippen LogP contribution is 2.48. The van der Waals surface area contributed by atoms with Crippen LogP contribution in [-0.2, 0) is 16.1 Å². The van der Waals surface area contributed by atoms with Crippen LogP contribution >= 0.6 is 11.6 Å². The smallest absolute Gasteiger partial charge is 0.229 e. The molecule has 3 unspecified atom stereocenters. The molecule has 2 saturated carbocycles. The van der Waals surface area contributed by atoms with Crippen LogP contribution in [0.1, 0.15) is 66.4 Å². The van der Waals surface area contributed by atoms with E-state index >= 15 is 0 Å². The summed E-state index contributed by atoms with van der Waals surface area (Å²) < 4.78 is 2.12. The van der Waals surface area contributed by atoms with Crippen molar-refractivity contribution in [3.63, 3.8) is 0 Å². The van der Waals surface area contributed by atoms with Crippen LogP contribution in [0.5, 0.6) is 0 Å². The van der Waals surface area contributed by atoms with Gasteiger partial charge in [-0.15, -0.1) is 0 Å². The second-order valence-electron chi connectivity index (χ2n) is 11.6. The fourth-order valence-electron chi connectivity index (χ4n) is 5.94. The minimum atomic E-state index is -0.0938. The van der Waals surface area contributed by atoms with Gasteiger partial charge in [-0.25, -0.2) is 15.0 Å². The lowest BCUT2D eigenvalue weighted by Gasteiger charge is -2.33. The minimum Gasteiger partial charge on any atom is -0.364 e. The Balaban J connectivity index is 1.04. The Morgan fingerprint density at radius 3 is 2.76 bits per heavy atom. The van der Waals surface area contributed by atoms with E-state index in [0.29, 0.717) is 35.7 Å². The van der Waals surface area contributed by atoms with Gasteiger partial charge >= 0.3 is 0 Å². The van der Waals surface area contributed by atoms with Crippen molar-refractivity contribution in [3.8, 4) is 0 Å². The van der Waals surface area contributed by atoms with E-state index in [4.69, 9.17) is 16.6 Å². The number of hydrogen-bond donors (Lipinski definition) is 3. The molecule has 1 aliphatic heterocycles. The molecule has 3 atom stereocenters. The Morgan fingerprint density at radius 1 is 1.10 bits per heavy atom. The first kappa shape index (κ1) is 26.9. The summed E-state index contributed by atoms with van der Waals surface area (Å²) in [4.78, 5) is 40.4. The van der Waals surface area contributed by atoms with Crippen molar-refractivity contribution in [2.24, 2.45) is 5.92 Å². The molecule has 3 fully saturated rings. The molecule has 11 heteroatoms. The predicted molar refractivity (Wildman–Crippen MR) is 160 cm³/mol. The van der Waals surface area contributed by atoms with Crippen LogP contribution < -0.4 is 16.0 Å². The fourth-order valence-corrected chi connectivity index (χ4v) is 6.14. The van der Waals surface area contributed by atoms with E-state index in [1.165, 1.54) is 24.7 Å². The molecule has 0 spiro atoms. The maximum absolute atomic E-state index is 12.9. The maximum Gasteiger partial charge on any atom is 0.229 e. The van der Waals surface area contributed by atoms with Gasteiger partial charge in [-0.2, -0.15) is 0 Å². The highest BCUT2D eigenvalue weighted by atomic mass is 35.5. The van der Waals surface area contributed by atoms with Crippen LogP contribution in [0.3, 0.4) is 0 Å². The first-order chi connectivity index (χ1) is 20.4. The average molecular weight is 585 g/mol. The second-order valence-corrected chi connectivity index (χ2v) is 12.0. The number of hydrogen-bond acceptors (Lipinski definition) is 7. The molecule has 3 aromatic heterocycles. The average Bonchev–Trinajstić information content (AvgIpc) is 3.92. The van der Waals surface area contributed by atoms with Gasteiger partial charge in [-0.1, -0.05) is 23.7 Å². The van der Waals surface area contributed by atoms with Crippen molar-refractivity contribution in [1.82, 2.24) is 29.6 Å². The van der Waals surface area contributed by atoms with Crippen LogP contribution in [0.4, 0.5) is 11.6 Å². The number of carbonyl (C=O) groups is 2. The summed E-state index contributed by atoms with van der Waals surface area (Å²) in [5, 5.41) is 10.5. The number of aromatic nitrogens is 4. The molecule has 4 heterocycles. The standard InChI is InChI=1S/C31H33ClN8O2/c1-18(41)39-8-7-33-27(16-39)26-10-21(19-5-6-19)14-40-15-23(37-30(26)40)13-34-28-12-29(36-17-35-28)38-31(42)25-11-24(25)20-3-2-4-22(32)9-20/h2-4,9-10,12,14-15,17,19,24-25,27,33H,5-8,11,13,16H2,1H3,(H2,34,35,36,38,42). The van der Waals surface area contributed by atoms with Gasteiger partial charge < -0.3 is 25.3 Å². The van der Waals surface area contributed by atoms with Crippen molar-refractivity contribution in [3.05, 3.63) is 82.5 Å². The van der Waals surface area contributed by atoms with E-state index in [2.05, 4.69) is 48.8 Å². The Morgan fingerprint density at radius 2 is 1.95 bits per heavy atom. The Bertz CT molecular complexity index is 1670. The number of rotatable bonds is 8. The molecule has 0 bridgehead atoms. The molecule has 42 heavy (non-hydrogen) atoms. The third-order valence-electron chi connectivity index (χ3n) is 8.47. The molecule has 2 amide bonds. The van der Waals surface area contributed by atoms with Gasteiger partial charge in [-0.3, -0.25) is 9.59 Å². The van der Waals surface area contributed by atoms with Crippen LogP contribution in [0.15, 0.2) is 55.1 Å². The van der Waals surface area contributed by atoms with E-state index in [-0.39, 0.29) is 29.7 Å². The first-order valence-electron chi connectivity index (χ1n) is 14.5. The molecule has 7 rings (SSSR count). The number of imidazole rings is 1. The van der Waals surface area contributed by atoms with E-state index in [1.807, 2.05) is 29.2 Å². The largest absolute Gasteiger partial charge is 0.364 e. The summed E-state index contributed by atoms with van der Waals surface area (Å²) in [5.41, 5.74) is 5.30. The third-order valence-corrected chi connectivity index (χ3v) is 8.70. The van der Waals surface area contributed by atoms with Crippen molar-refractivity contribution in [1.29, 1.82) is 0 Å². The molecule has 4 aromatic rings. The summed E-state index contributed by atoms with van der Waals surface area (Å²) in [6, 6.07) is 11.7. The zero-order valence-corrected chi connectivity index (χ0v) is 24.1. The normalized spacial score (nSPS) is 21.8. The molecular weight excluding hydrogens is 552 g/mol. The lowest BCUT2D eigenvalue weighted by Crippen LogP contribution is -2.47. The van der Waals surface area contributed by atoms with Crippen molar-refractivity contribution in [2.45, 2.75) is 50.6 Å². The lowest BCUT2D eigenvalue weighted by molar-refractivity contribution is -0.130. The number of nitrogens with one attached hydrogen (secondary N) is 3. The number of halogens is 1. The van der Waals surface area contributed by atoms with Crippen molar-refractivity contribution in [2.75, 3.05) is 30.3 Å². The summed E-state index contributed by atoms with van der Waals surface area (Å²) >= 11 is 6.12. The van der Waals surface area contributed by atoms with Crippen LogP contribution in [0.25, 0.3) is 5.65 Å². The third kappa shape index (κ3) is 5.69. The molecule has 10 nitrogen and oxygen atoms in total. The Hall–Kier alpha value is -4.02. The highest BCUT2D eigenvalue weighted by molar-refractivity contribution is 6.30. The monoisotopic (exact) mass is 584 g/mol. The van der Waals surface area contributed by atoms with Gasteiger partial charge in [0.25, 0.3) is 0 Å². The number of carbonyl (C=O) groups excluding carboxylic acids is 2.